The van der Waals surface area contributed by atoms with Gasteiger partial charge in [-0.2, -0.15) is 0 Å². The van der Waals surface area contributed by atoms with Gasteiger partial charge in [0.05, 0.1) is 6.61 Å². The Kier molecular flexibility index (Phi) is 8.64. The Morgan fingerprint density at radius 1 is 1.11 bits per heavy atom. The third kappa shape index (κ3) is 6.17. The summed E-state index contributed by atoms with van der Waals surface area (Å²) in [5, 5.41) is 3.69. The quantitative estimate of drug-likeness (QED) is 0.644. The van der Waals surface area contributed by atoms with E-state index in [9.17, 15) is 0 Å². The molecule has 2 unspecified atom stereocenters. The van der Waals surface area contributed by atoms with E-state index in [1.165, 1.54) is 25.7 Å². The van der Waals surface area contributed by atoms with Crippen LogP contribution in [0.3, 0.4) is 0 Å². The second-order valence-corrected chi connectivity index (χ2v) is 5.71. The minimum atomic E-state index is 0.710. The first kappa shape index (κ1) is 15.9. The van der Waals surface area contributed by atoms with Gasteiger partial charge in [-0.25, -0.2) is 0 Å². The fraction of sp³-hybridized carbons (Fsp3) is 1.00. The third-order valence-corrected chi connectivity index (χ3v) is 3.97. The molecule has 0 amide bonds. The zero-order chi connectivity index (χ0) is 13.2. The van der Waals surface area contributed by atoms with E-state index < -0.39 is 0 Å². The molecular weight excluding hydrogens is 226 g/mol. The molecule has 0 saturated heterocycles. The number of nitrogens with one attached hydrogen (secondary N) is 1. The van der Waals surface area contributed by atoms with Gasteiger partial charge in [0, 0.05) is 32.9 Å². The molecule has 3 heteroatoms. The lowest BCUT2D eigenvalue weighted by Gasteiger charge is -2.35. The molecule has 1 aliphatic carbocycles. The number of hydrogen-bond donors (Lipinski definition) is 1. The molecule has 1 saturated carbocycles. The highest BCUT2D eigenvalue weighted by atomic mass is 16.5. The molecule has 108 valence electrons. The molecule has 1 fully saturated rings. The average Bonchev–Trinajstić information content (AvgIpc) is 2.38. The molecule has 1 rings (SSSR count). The topological polar surface area (TPSA) is 30.5 Å². The maximum Gasteiger partial charge on any atom is 0.0591 e. The Balaban J connectivity index is 2.06. The Morgan fingerprint density at radius 2 is 1.89 bits per heavy atom. The molecule has 2 atom stereocenters. The van der Waals surface area contributed by atoms with E-state index in [1.807, 2.05) is 0 Å². The predicted molar refractivity (Wildman–Crippen MR) is 75.9 cm³/mol. The van der Waals surface area contributed by atoms with Crippen molar-refractivity contribution in [1.29, 1.82) is 0 Å². The molecule has 0 bridgehead atoms. The van der Waals surface area contributed by atoms with Crippen molar-refractivity contribution in [2.75, 3.05) is 33.5 Å². The second kappa shape index (κ2) is 9.76. The lowest BCUT2D eigenvalue weighted by Crippen LogP contribution is -2.42. The van der Waals surface area contributed by atoms with E-state index in [0.717, 1.165) is 44.6 Å². The fourth-order valence-electron chi connectivity index (χ4n) is 2.93. The molecule has 0 aromatic rings. The smallest absolute Gasteiger partial charge is 0.0591 e. The molecule has 0 aromatic heterocycles. The van der Waals surface area contributed by atoms with E-state index in [0.29, 0.717) is 6.04 Å². The summed E-state index contributed by atoms with van der Waals surface area (Å²) in [4.78, 5) is 0. The first-order valence-corrected chi connectivity index (χ1v) is 7.55. The van der Waals surface area contributed by atoms with Crippen LogP contribution >= 0.6 is 0 Å². The van der Waals surface area contributed by atoms with Crippen molar-refractivity contribution in [3.63, 3.8) is 0 Å². The van der Waals surface area contributed by atoms with Gasteiger partial charge in [0.25, 0.3) is 0 Å². The van der Waals surface area contributed by atoms with Crippen LogP contribution in [0.2, 0.25) is 0 Å². The van der Waals surface area contributed by atoms with Gasteiger partial charge < -0.3 is 14.8 Å². The number of hydrogen-bond acceptors (Lipinski definition) is 3. The summed E-state index contributed by atoms with van der Waals surface area (Å²) >= 11 is 0. The van der Waals surface area contributed by atoms with E-state index in [4.69, 9.17) is 9.47 Å². The van der Waals surface area contributed by atoms with Crippen LogP contribution in [0.4, 0.5) is 0 Å². The highest BCUT2D eigenvalue weighted by Crippen LogP contribution is 2.29. The van der Waals surface area contributed by atoms with Crippen molar-refractivity contribution in [2.45, 2.75) is 52.0 Å². The molecule has 0 radical (unpaired) electrons. The summed E-state index contributed by atoms with van der Waals surface area (Å²) in [5.41, 5.74) is 0. The highest BCUT2D eigenvalue weighted by Gasteiger charge is 2.26. The lowest BCUT2D eigenvalue weighted by atomic mass is 9.78. The lowest BCUT2D eigenvalue weighted by molar-refractivity contribution is 0.0982. The summed E-state index contributed by atoms with van der Waals surface area (Å²) in [6, 6.07) is 0.710. The van der Waals surface area contributed by atoms with Crippen molar-refractivity contribution in [3.8, 4) is 0 Å². The summed E-state index contributed by atoms with van der Waals surface area (Å²) in [7, 11) is 1.73. The molecular formula is C15H31NO2. The van der Waals surface area contributed by atoms with E-state index in [1.54, 1.807) is 7.11 Å². The Morgan fingerprint density at radius 3 is 2.61 bits per heavy atom. The van der Waals surface area contributed by atoms with Crippen LogP contribution < -0.4 is 5.32 Å². The van der Waals surface area contributed by atoms with Crippen LogP contribution in [-0.2, 0) is 9.47 Å². The standard InChI is InChI=1S/C15H31NO2/c1-13(2)14-7-4-5-8-15(14)16-9-12-18-11-6-10-17-3/h13-16H,4-12H2,1-3H3. The summed E-state index contributed by atoms with van der Waals surface area (Å²) in [6.45, 7) is 8.13. The molecule has 1 N–H and O–H groups in total. The largest absolute Gasteiger partial charge is 0.385 e. The van der Waals surface area contributed by atoms with Gasteiger partial charge in [-0.05, 0) is 31.1 Å². The minimum Gasteiger partial charge on any atom is -0.385 e. The predicted octanol–water partition coefficient (Wildman–Crippen LogP) is 2.84. The van der Waals surface area contributed by atoms with Crippen LogP contribution in [0.1, 0.15) is 46.0 Å². The average molecular weight is 257 g/mol. The minimum absolute atomic E-state index is 0.710. The first-order chi connectivity index (χ1) is 8.75. The van der Waals surface area contributed by atoms with Crippen molar-refractivity contribution in [1.82, 2.24) is 5.32 Å². The monoisotopic (exact) mass is 257 g/mol. The molecule has 0 heterocycles. The van der Waals surface area contributed by atoms with Gasteiger partial charge in [0.1, 0.15) is 0 Å². The molecule has 18 heavy (non-hydrogen) atoms. The van der Waals surface area contributed by atoms with Crippen molar-refractivity contribution < 1.29 is 9.47 Å². The second-order valence-electron chi connectivity index (χ2n) is 5.71. The number of ether oxygens (including phenoxy) is 2. The van der Waals surface area contributed by atoms with Crippen LogP contribution in [0.5, 0.6) is 0 Å². The maximum absolute atomic E-state index is 5.58. The van der Waals surface area contributed by atoms with Gasteiger partial charge in [-0.1, -0.05) is 26.7 Å². The van der Waals surface area contributed by atoms with Crippen molar-refractivity contribution in [2.24, 2.45) is 11.8 Å². The van der Waals surface area contributed by atoms with E-state index in [-0.39, 0.29) is 0 Å². The highest BCUT2D eigenvalue weighted by molar-refractivity contribution is 4.82. The SMILES string of the molecule is COCCCOCCNC1CCCCC1C(C)C. The van der Waals surface area contributed by atoms with Crippen LogP contribution in [0.15, 0.2) is 0 Å². The van der Waals surface area contributed by atoms with Gasteiger partial charge in [-0.3, -0.25) is 0 Å². The Hall–Kier alpha value is -0.120. The molecule has 0 spiro atoms. The van der Waals surface area contributed by atoms with Crippen molar-refractivity contribution >= 4 is 0 Å². The zero-order valence-corrected chi connectivity index (χ0v) is 12.4. The third-order valence-electron chi connectivity index (χ3n) is 3.97. The van der Waals surface area contributed by atoms with Gasteiger partial charge in [0.15, 0.2) is 0 Å². The molecule has 0 aliphatic heterocycles. The van der Waals surface area contributed by atoms with Crippen LogP contribution in [0.25, 0.3) is 0 Å². The van der Waals surface area contributed by atoms with Gasteiger partial charge in [0.2, 0.25) is 0 Å². The molecule has 3 nitrogen and oxygen atoms in total. The van der Waals surface area contributed by atoms with E-state index in [2.05, 4.69) is 19.2 Å². The van der Waals surface area contributed by atoms with Crippen molar-refractivity contribution in [3.05, 3.63) is 0 Å². The molecule has 1 aliphatic rings. The fourth-order valence-corrected chi connectivity index (χ4v) is 2.93. The van der Waals surface area contributed by atoms with Gasteiger partial charge >= 0.3 is 0 Å². The summed E-state index contributed by atoms with van der Waals surface area (Å²) < 4.78 is 10.6. The molecule has 0 aromatic carbocycles. The summed E-state index contributed by atoms with van der Waals surface area (Å²) in [6.07, 6.45) is 6.52. The zero-order valence-electron chi connectivity index (χ0n) is 12.4. The van der Waals surface area contributed by atoms with E-state index >= 15 is 0 Å². The Bertz CT molecular complexity index is 197. The normalized spacial score (nSPS) is 24.7. The van der Waals surface area contributed by atoms with Crippen LogP contribution in [0, 0.1) is 11.8 Å². The first-order valence-electron chi connectivity index (χ1n) is 7.55. The number of rotatable bonds is 9. The summed E-state index contributed by atoms with van der Waals surface area (Å²) in [5.74, 6) is 1.65. The Labute approximate surface area is 113 Å². The maximum atomic E-state index is 5.58. The van der Waals surface area contributed by atoms with Crippen LogP contribution in [-0.4, -0.2) is 39.5 Å². The van der Waals surface area contributed by atoms with Gasteiger partial charge in [-0.15, -0.1) is 0 Å². The number of methoxy groups -OCH3 is 1.